The van der Waals surface area contributed by atoms with Crippen molar-refractivity contribution in [1.82, 2.24) is 20.1 Å². The van der Waals surface area contributed by atoms with Crippen molar-refractivity contribution < 1.29 is 9.53 Å². The van der Waals surface area contributed by atoms with E-state index in [2.05, 4.69) is 15.2 Å². The van der Waals surface area contributed by atoms with Gasteiger partial charge in [-0.25, -0.2) is 4.79 Å². The van der Waals surface area contributed by atoms with Gasteiger partial charge in [0.1, 0.15) is 0 Å². The fraction of sp³-hybridized carbons (Fsp3) is 0.667. The van der Waals surface area contributed by atoms with Gasteiger partial charge in [0, 0.05) is 45.5 Å². The van der Waals surface area contributed by atoms with Crippen LogP contribution in [-0.4, -0.2) is 66.2 Å². The molecule has 1 aromatic heterocycles. The summed E-state index contributed by atoms with van der Waals surface area (Å²) in [6, 6.07) is 6.02. The van der Waals surface area contributed by atoms with E-state index in [1.807, 2.05) is 29.3 Å². The Kier molecular flexibility index (Phi) is 6.43. The van der Waals surface area contributed by atoms with E-state index in [1.54, 1.807) is 0 Å². The van der Waals surface area contributed by atoms with Crippen LogP contribution in [0.1, 0.15) is 31.4 Å². The van der Waals surface area contributed by atoms with E-state index < -0.39 is 0 Å². The molecule has 0 aromatic carbocycles. The van der Waals surface area contributed by atoms with Crippen molar-refractivity contribution in [2.24, 2.45) is 0 Å². The maximum absolute atomic E-state index is 12.2. The number of pyridine rings is 1. The van der Waals surface area contributed by atoms with Crippen LogP contribution in [0, 0.1) is 0 Å². The Morgan fingerprint density at radius 3 is 2.71 bits per heavy atom. The second-order valence-electron chi connectivity index (χ2n) is 6.59. The Morgan fingerprint density at radius 1 is 1.21 bits per heavy atom. The molecule has 24 heavy (non-hydrogen) atoms. The Morgan fingerprint density at radius 2 is 2.00 bits per heavy atom. The molecule has 1 saturated carbocycles. The third-order valence-corrected chi connectivity index (χ3v) is 4.81. The first-order valence-corrected chi connectivity index (χ1v) is 9.08. The van der Waals surface area contributed by atoms with Crippen LogP contribution >= 0.6 is 0 Å². The summed E-state index contributed by atoms with van der Waals surface area (Å²) < 4.78 is 5.78. The van der Waals surface area contributed by atoms with Gasteiger partial charge in [0.25, 0.3) is 0 Å². The van der Waals surface area contributed by atoms with Crippen molar-refractivity contribution in [2.45, 2.75) is 38.3 Å². The molecule has 1 aliphatic heterocycles. The number of hydrogen-bond donors (Lipinski definition) is 1. The lowest BCUT2D eigenvalue weighted by molar-refractivity contribution is 0.0599. The predicted molar refractivity (Wildman–Crippen MR) is 92.7 cm³/mol. The first-order chi connectivity index (χ1) is 11.8. The number of rotatable bonds is 6. The zero-order valence-electron chi connectivity index (χ0n) is 14.3. The summed E-state index contributed by atoms with van der Waals surface area (Å²) in [4.78, 5) is 20.8. The maximum Gasteiger partial charge on any atom is 0.317 e. The first-order valence-electron chi connectivity index (χ1n) is 9.08. The van der Waals surface area contributed by atoms with Crippen molar-refractivity contribution >= 4 is 6.03 Å². The zero-order chi connectivity index (χ0) is 16.6. The number of nitrogens with one attached hydrogen (secondary N) is 1. The van der Waals surface area contributed by atoms with Crippen LogP contribution in [0.2, 0.25) is 0 Å². The molecule has 2 fully saturated rings. The minimum absolute atomic E-state index is 0.0301. The van der Waals surface area contributed by atoms with Gasteiger partial charge in [-0.2, -0.15) is 0 Å². The van der Waals surface area contributed by atoms with E-state index >= 15 is 0 Å². The number of amides is 2. The summed E-state index contributed by atoms with van der Waals surface area (Å²) in [5.74, 6) is 0. The SMILES string of the molecule is O=C(NCCOC1CCCC1)N1CCN(Cc2ccccn2)CC1. The van der Waals surface area contributed by atoms with Crippen molar-refractivity contribution in [3.8, 4) is 0 Å². The number of urea groups is 1. The molecule has 132 valence electrons. The Bertz CT molecular complexity index is 497. The lowest BCUT2D eigenvalue weighted by Crippen LogP contribution is -2.51. The van der Waals surface area contributed by atoms with Crippen molar-refractivity contribution in [2.75, 3.05) is 39.3 Å². The molecule has 0 radical (unpaired) electrons. The summed E-state index contributed by atoms with van der Waals surface area (Å²) in [6.45, 7) is 5.39. The molecular formula is C18H28N4O2. The largest absolute Gasteiger partial charge is 0.376 e. The molecule has 3 rings (SSSR count). The van der Waals surface area contributed by atoms with E-state index in [9.17, 15) is 4.79 Å². The fourth-order valence-corrected chi connectivity index (χ4v) is 3.38. The molecule has 1 aromatic rings. The standard InChI is InChI=1S/C18H28N4O2/c23-18(20-9-14-24-17-6-1-2-7-17)22-12-10-21(11-13-22)15-16-5-3-4-8-19-16/h3-5,8,17H,1-2,6-7,9-15H2,(H,20,23). The second kappa shape index (κ2) is 8.99. The number of carbonyl (C=O) groups excluding carboxylic acids is 1. The molecule has 2 amide bonds. The first kappa shape index (κ1) is 17.2. The minimum atomic E-state index is 0.0301. The van der Waals surface area contributed by atoms with Crippen LogP contribution in [0.4, 0.5) is 4.79 Å². The molecule has 1 saturated heterocycles. The monoisotopic (exact) mass is 332 g/mol. The average Bonchev–Trinajstić information content (AvgIpc) is 3.13. The highest BCUT2D eigenvalue weighted by molar-refractivity contribution is 5.74. The highest BCUT2D eigenvalue weighted by Crippen LogP contribution is 2.20. The molecular weight excluding hydrogens is 304 g/mol. The summed E-state index contributed by atoms with van der Waals surface area (Å²) in [5, 5.41) is 2.97. The summed E-state index contributed by atoms with van der Waals surface area (Å²) in [7, 11) is 0. The number of carbonyl (C=O) groups is 1. The van der Waals surface area contributed by atoms with E-state index in [0.717, 1.165) is 38.4 Å². The quantitative estimate of drug-likeness (QED) is 0.808. The predicted octanol–water partition coefficient (Wildman–Crippen LogP) is 1.87. The van der Waals surface area contributed by atoms with E-state index in [4.69, 9.17) is 4.74 Å². The molecule has 2 heterocycles. The minimum Gasteiger partial charge on any atom is -0.376 e. The van der Waals surface area contributed by atoms with Gasteiger partial charge in [-0.3, -0.25) is 9.88 Å². The van der Waals surface area contributed by atoms with Gasteiger partial charge in [0.2, 0.25) is 0 Å². The molecule has 1 N–H and O–H groups in total. The topological polar surface area (TPSA) is 57.7 Å². The van der Waals surface area contributed by atoms with Gasteiger partial charge < -0.3 is 15.0 Å². The summed E-state index contributed by atoms with van der Waals surface area (Å²) in [6.07, 6.45) is 7.14. The molecule has 0 bridgehead atoms. The lowest BCUT2D eigenvalue weighted by Gasteiger charge is -2.34. The number of piperazine rings is 1. The third-order valence-electron chi connectivity index (χ3n) is 4.81. The molecule has 0 spiro atoms. The van der Waals surface area contributed by atoms with Crippen LogP contribution < -0.4 is 5.32 Å². The molecule has 6 nitrogen and oxygen atoms in total. The summed E-state index contributed by atoms with van der Waals surface area (Å²) in [5.41, 5.74) is 1.08. The van der Waals surface area contributed by atoms with E-state index in [1.165, 1.54) is 25.7 Å². The number of nitrogens with zero attached hydrogens (tertiary/aromatic N) is 3. The molecule has 0 unspecified atom stereocenters. The molecule has 6 heteroatoms. The van der Waals surface area contributed by atoms with Gasteiger partial charge in [-0.1, -0.05) is 18.9 Å². The van der Waals surface area contributed by atoms with Gasteiger partial charge in [-0.05, 0) is 25.0 Å². The molecule has 1 aliphatic carbocycles. The van der Waals surface area contributed by atoms with Crippen LogP contribution in [0.3, 0.4) is 0 Å². The van der Waals surface area contributed by atoms with Crippen LogP contribution in [-0.2, 0) is 11.3 Å². The fourth-order valence-electron chi connectivity index (χ4n) is 3.38. The smallest absolute Gasteiger partial charge is 0.317 e. The van der Waals surface area contributed by atoms with Gasteiger partial charge in [0.05, 0.1) is 18.4 Å². The van der Waals surface area contributed by atoms with Gasteiger partial charge in [-0.15, -0.1) is 0 Å². The van der Waals surface area contributed by atoms with Crippen molar-refractivity contribution in [3.63, 3.8) is 0 Å². The Hall–Kier alpha value is -1.66. The Labute approximate surface area is 144 Å². The number of hydrogen-bond acceptors (Lipinski definition) is 4. The molecule has 2 aliphatic rings. The second-order valence-corrected chi connectivity index (χ2v) is 6.59. The number of ether oxygens (including phenoxy) is 1. The van der Waals surface area contributed by atoms with Crippen LogP contribution in [0.15, 0.2) is 24.4 Å². The van der Waals surface area contributed by atoms with E-state index in [0.29, 0.717) is 19.3 Å². The van der Waals surface area contributed by atoms with E-state index in [-0.39, 0.29) is 6.03 Å². The van der Waals surface area contributed by atoms with Crippen molar-refractivity contribution in [1.29, 1.82) is 0 Å². The van der Waals surface area contributed by atoms with Gasteiger partial charge in [0.15, 0.2) is 0 Å². The van der Waals surface area contributed by atoms with Crippen LogP contribution in [0.25, 0.3) is 0 Å². The highest BCUT2D eigenvalue weighted by atomic mass is 16.5. The third kappa shape index (κ3) is 5.18. The highest BCUT2D eigenvalue weighted by Gasteiger charge is 2.21. The lowest BCUT2D eigenvalue weighted by atomic mass is 10.3. The average molecular weight is 332 g/mol. The molecule has 0 atom stereocenters. The Balaban J connectivity index is 1.30. The zero-order valence-corrected chi connectivity index (χ0v) is 14.3. The van der Waals surface area contributed by atoms with Crippen LogP contribution in [0.5, 0.6) is 0 Å². The van der Waals surface area contributed by atoms with Gasteiger partial charge >= 0.3 is 6.03 Å². The summed E-state index contributed by atoms with van der Waals surface area (Å²) >= 11 is 0. The van der Waals surface area contributed by atoms with Crippen molar-refractivity contribution in [3.05, 3.63) is 30.1 Å². The number of aromatic nitrogens is 1. The maximum atomic E-state index is 12.2. The normalized spacial score (nSPS) is 19.6.